The van der Waals surface area contributed by atoms with Gasteiger partial charge in [0.05, 0.1) is 5.41 Å². The molecule has 0 aliphatic carbocycles. The molecule has 2 aliphatic heterocycles. The monoisotopic (exact) mass is 497 g/mol. The van der Waals surface area contributed by atoms with Crippen LogP contribution < -0.4 is 4.90 Å². The van der Waals surface area contributed by atoms with E-state index in [9.17, 15) is 4.79 Å². The lowest BCUT2D eigenvalue weighted by atomic mass is 9.81. The van der Waals surface area contributed by atoms with Crippen molar-refractivity contribution in [1.29, 1.82) is 0 Å². The number of hydrogen-bond donors (Lipinski definition) is 0. The van der Waals surface area contributed by atoms with Crippen LogP contribution in [0.15, 0.2) is 72.5 Å². The van der Waals surface area contributed by atoms with Crippen LogP contribution in [0.25, 0.3) is 0 Å². The Morgan fingerprint density at radius 2 is 1.54 bits per heavy atom. The Kier molecular flexibility index (Phi) is 7.38. The van der Waals surface area contributed by atoms with Gasteiger partial charge in [-0.05, 0) is 44.4 Å². The second-order valence-corrected chi connectivity index (χ2v) is 12.8. The highest BCUT2D eigenvalue weighted by Crippen LogP contribution is 2.47. The summed E-state index contributed by atoms with van der Waals surface area (Å²) in [6, 6.07) is 17.5. The number of benzene rings is 2. The molecule has 0 N–H and O–H groups in total. The molecule has 0 spiro atoms. The number of ketones is 1. The molecule has 3 heteroatoms. The van der Waals surface area contributed by atoms with Crippen LogP contribution >= 0.6 is 0 Å². The van der Waals surface area contributed by atoms with Crippen LogP contribution in [0, 0.1) is 5.41 Å². The summed E-state index contributed by atoms with van der Waals surface area (Å²) in [5, 5.41) is 0. The number of hydrogen-bond acceptors (Lipinski definition) is 2. The summed E-state index contributed by atoms with van der Waals surface area (Å²) in [5.74, 6) is 0.366. The maximum atomic E-state index is 12.3. The normalized spacial score (nSPS) is 19.1. The number of fused-ring (bicyclic) bond motifs is 2. The smallest absolute Gasteiger partial charge is 0.209 e. The molecule has 2 aromatic carbocycles. The van der Waals surface area contributed by atoms with Gasteiger partial charge in [-0.25, -0.2) is 0 Å². The molecule has 196 valence electrons. The Balaban J connectivity index is 1.54. The molecule has 37 heavy (non-hydrogen) atoms. The van der Waals surface area contributed by atoms with Crippen molar-refractivity contribution in [2.24, 2.45) is 5.41 Å². The zero-order chi connectivity index (χ0) is 27.0. The summed E-state index contributed by atoms with van der Waals surface area (Å²) in [4.78, 5) is 14.8. The Labute approximate surface area is 224 Å². The third-order valence-corrected chi connectivity index (χ3v) is 8.37. The van der Waals surface area contributed by atoms with Crippen molar-refractivity contribution < 1.29 is 9.37 Å². The lowest BCUT2D eigenvalue weighted by molar-refractivity contribution is -0.401. The zero-order valence-corrected chi connectivity index (χ0v) is 24.2. The molecule has 2 aliphatic rings. The van der Waals surface area contributed by atoms with Crippen molar-refractivity contribution in [1.82, 2.24) is 0 Å². The number of anilines is 1. The first kappa shape index (κ1) is 27.1. The number of rotatable bonds is 8. The van der Waals surface area contributed by atoms with Gasteiger partial charge in [0, 0.05) is 52.9 Å². The molecule has 0 saturated heterocycles. The van der Waals surface area contributed by atoms with Gasteiger partial charge in [-0.1, -0.05) is 83.5 Å². The minimum atomic E-state index is -0.235. The van der Waals surface area contributed by atoms with Crippen molar-refractivity contribution in [3.63, 3.8) is 0 Å². The highest BCUT2D eigenvalue weighted by Gasteiger charge is 2.43. The van der Waals surface area contributed by atoms with Crippen LogP contribution in [0.4, 0.5) is 11.4 Å². The summed E-state index contributed by atoms with van der Waals surface area (Å²) >= 11 is 0. The van der Waals surface area contributed by atoms with Crippen LogP contribution in [0.5, 0.6) is 0 Å². The van der Waals surface area contributed by atoms with E-state index in [1.807, 2.05) is 20.8 Å². The third-order valence-electron chi connectivity index (χ3n) is 8.37. The number of carbonyl (C=O) groups excluding carboxylic acids is 1. The molecule has 0 amide bonds. The predicted octanol–water partition coefficient (Wildman–Crippen LogP) is 8.11. The average Bonchev–Trinajstić information content (AvgIpc) is 3.17. The van der Waals surface area contributed by atoms with Gasteiger partial charge >= 0.3 is 0 Å². The van der Waals surface area contributed by atoms with E-state index in [-0.39, 0.29) is 16.2 Å². The Morgan fingerprint density at radius 1 is 0.892 bits per heavy atom. The van der Waals surface area contributed by atoms with E-state index < -0.39 is 0 Å². The Hall–Kier alpha value is -2.94. The molecule has 2 aromatic rings. The average molecular weight is 498 g/mol. The van der Waals surface area contributed by atoms with Crippen molar-refractivity contribution in [2.45, 2.75) is 85.0 Å². The molecule has 0 saturated carbocycles. The largest absolute Gasteiger partial charge is 0.344 e. The molecule has 0 radical (unpaired) electrons. The number of allylic oxidation sites excluding steroid dienone is 4. The number of Topliss-reactive ketones (excluding diaryl/α,β-unsaturated/α-hetero) is 1. The minimum absolute atomic E-state index is 0.0291. The van der Waals surface area contributed by atoms with Crippen molar-refractivity contribution >= 4 is 22.9 Å². The summed E-state index contributed by atoms with van der Waals surface area (Å²) in [6.45, 7) is 16.3. The molecule has 0 atom stereocenters. The maximum absolute atomic E-state index is 12.3. The first-order chi connectivity index (χ1) is 17.4. The van der Waals surface area contributed by atoms with E-state index in [0.717, 1.165) is 25.8 Å². The van der Waals surface area contributed by atoms with Gasteiger partial charge < -0.3 is 4.90 Å². The van der Waals surface area contributed by atoms with E-state index in [1.54, 1.807) is 0 Å². The van der Waals surface area contributed by atoms with E-state index >= 15 is 0 Å². The molecular formula is C34H45N2O+. The van der Waals surface area contributed by atoms with Crippen LogP contribution in [0.1, 0.15) is 85.3 Å². The molecular weight excluding hydrogens is 452 g/mol. The van der Waals surface area contributed by atoms with Crippen LogP contribution in [0.2, 0.25) is 0 Å². The first-order valence-electron chi connectivity index (χ1n) is 13.9. The quantitative estimate of drug-likeness (QED) is 0.272. The van der Waals surface area contributed by atoms with Crippen LogP contribution in [-0.2, 0) is 15.6 Å². The van der Waals surface area contributed by atoms with E-state index in [4.69, 9.17) is 0 Å². The van der Waals surface area contributed by atoms with Crippen LogP contribution in [-0.4, -0.2) is 29.7 Å². The maximum Gasteiger partial charge on any atom is 0.209 e. The Bertz CT molecular complexity index is 1270. The standard InChI is InChI=1S/C34H45N2O/c1-32(2,3)31(37)23-10-9-15-24-36-28-20-14-12-18-26(28)34(6,7)30(36)22-16-21-29-33(4,5)25-17-11-13-19-27(25)35(29)8/h11-14,16-22H,9-10,15,23-24H2,1-8H3/q+1. The molecule has 0 fully saturated rings. The Morgan fingerprint density at radius 3 is 2.22 bits per heavy atom. The second kappa shape index (κ2) is 10.1. The van der Waals surface area contributed by atoms with Gasteiger partial charge in [-0.3, -0.25) is 4.79 Å². The van der Waals surface area contributed by atoms with Crippen molar-refractivity contribution in [3.8, 4) is 0 Å². The van der Waals surface area contributed by atoms with Crippen LogP contribution in [0.3, 0.4) is 0 Å². The lowest BCUT2D eigenvalue weighted by Gasteiger charge is -2.27. The van der Waals surface area contributed by atoms with Gasteiger partial charge in [-0.15, -0.1) is 0 Å². The van der Waals surface area contributed by atoms with Crippen molar-refractivity contribution in [2.75, 3.05) is 18.5 Å². The van der Waals surface area contributed by atoms with Crippen molar-refractivity contribution in [3.05, 3.63) is 83.6 Å². The fraction of sp³-hybridized carbons (Fsp3) is 0.471. The second-order valence-electron chi connectivity index (χ2n) is 12.8. The highest BCUT2D eigenvalue weighted by atomic mass is 16.1. The summed E-state index contributed by atoms with van der Waals surface area (Å²) in [5.41, 5.74) is 7.70. The molecule has 4 rings (SSSR count). The molecule has 3 nitrogen and oxygen atoms in total. The highest BCUT2D eigenvalue weighted by molar-refractivity contribution is 6.03. The number of para-hydroxylation sites is 2. The zero-order valence-electron chi connectivity index (χ0n) is 24.2. The van der Waals surface area contributed by atoms with Gasteiger partial charge in [-0.2, -0.15) is 4.58 Å². The van der Waals surface area contributed by atoms with Gasteiger partial charge in [0.25, 0.3) is 0 Å². The SMILES string of the molecule is C[N+]1=C(/C=C/C=C2\N(CCCCCC(=O)C(C)(C)C)c3ccccc3C2(C)C)C(C)(C)c2ccccc21. The number of carbonyl (C=O) groups is 1. The molecule has 0 aromatic heterocycles. The molecule has 2 heterocycles. The van der Waals surface area contributed by atoms with E-state index in [2.05, 4.69) is 111 Å². The minimum Gasteiger partial charge on any atom is -0.344 e. The molecule has 0 bridgehead atoms. The third kappa shape index (κ3) is 5.10. The predicted molar refractivity (Wildman–Crippen MR) is 157 cm³/mol. The first-order valence-corrected chi connectivity index (χ1v) is 13.9. The lowest BCUT2D eigenvalue weighted by Crippen LogP contribution is -2.27. The topological polar surface area (TPSA) is 23.3 Å². The van der Waals surface area contributed by atoms with Gasteiger partial charge in [0.15, 0.2) is 5.71 Å². The number of unbranched alkanes of at least 4 members (excludes halogenated alkanes) is 2. The molecule has 0 unspecified atom stereocenters. The van der Waals surface area contributed by atoms with Gasteiger partial charge in [0.1, 0.15) is 12.8 Å². The summed E-state index contributed by atoms with van der Waals surface area (Å²) in [7, 11) is 2.17. The van der Waals surface area contributed by atoms with E-state index in [0.29, 0.717) is 12.2 Å². The van der Waals surface area contributed by atoms with E-state index in [1.165, 1.54) is 33.9 Å². The fourth-order valence-electron chi connectivity index (χ4n) is 6.02. The van der Waals surface area contributed by atoms with Gasteiger partial charge in [0.2, 0.25) is 5.69 Å². The summed E-state index contributed by atoms with van der Waals surface area (Å²) < 4.78 is 2.33. The fourth-order valence-corrected chi connectivity index (χ4v) is 6.02. The summed E-state index contributed by atoms with van der Waals surface area (Å²) in [6.07, 6.45) is 10.7. The number of nitrogens with zero attached hydrogens (tertiary/aromatic N) is 2.